The summed E-state index contributed by atoms with van der Waals surface area (Å²) in [4.78, 5) is 11.6. The highest BCUT2D eigenvalue weighted by Crippen LogP contribution is 2.18. The molecule has 1 aromatic heterocycles. The average molecular weight is 195 g/mol. The van der Waals surface area contributed by atoms with Gasteiger partial charge in [0.1, 0.15) is 0 Å². The van der Waals surface area contributed by atoms with Gasteiger partial charge in [-0.3, -0.25) is 4.79 Å². The van der Waals surface area contributed by atoms with E-state index in [1.54, 1.807) is 0 Å². The molecule has 0 saturated heterocycles. The van der Waals surface area contributed by atoms with Crippen molar-refractivity contribution in [1.82, 2.24) is 20.7 Å². The summed E-state index contributed by atoms with van der Waals surface area (Å²) in [6, 6.07) is 0.276. The largest absolute Gasteiger partial charge is 0.380 e. The lowest BCUT2D eigenvalue weighted by atomic mass is 10.2. The zero-order chi connectivity index (χ0) is 9.97. The first kappa shape index (κ1) is 8.98. The molecule has 0 spiro atoms. The number of nitrogen functional groups attached to an aromatic ring is 1. The van der Waals surface area contributed by atoms with Crippen LogP contribution in [0.25, 0.3) is 0 Å². The zero-order valence-corrected chi connectivity index (χ0v) is 7.79. The maximum absolute atomic E-state index is 11.6. The number of H-pyrrole nitrogens is 1. The average Bonchev–Trinajstić information content (AvgIpc) is 2.75. The van der Waals surface area contributed by atoms with E-state index in [1.807, 2.05) is 0 Å². The van der Waals surface area contributed by atoms with Crippen LogP contribution in [-0.2, 0) is 0 Å². The second-order valence-corrected chi connectivity index (χ2v) is 3.51. The van der Waals surface area contributed by atoms with Crippen LogP contribution in [0.5, 0.6) is 0 Å². The van der Waals surface area contributed by atoms with E-state index in [2.05, 4.69) is 20.7 Å². The number of nitrogens with one attached hydrogen (secondary N) is 2. The second-order valence-electron chi connectivity index (χ2n) is 3.51. The van der Waals surface area contributed by atoms with Crippen molar-refractivity contribution in [2.75, 3.05) is 5.73 Å². The number of nitrogens with two attached hydrogens (primary N) is 1. The fraction of sp³-hybridized carbons (Fsp3) is 0.625. The van der Waals surface area contributed by atoms with E-state index >= 15 is 0 Å². The molecular weight excluding hydrogens is 182 g/mol. The van der Waals surface area contributed by atoms with E-state index in [0.717, 1.165) is 12.8 Å². The third-order valence-electron chi connectivity index (χ3n) is 2.48. The number of carbonyl (C=O) groups excluding carboxylic acids is 1. The Morgan fingerprint density at radius 2 is 2.14 bits per heavy atom. The Bertz CT molecular complexity index is 328. The molecule has 0 bridgehead atoms. The zero-order valence-electron chi connectivity index (χ0n) is 7.79. The molecule has 2 rings (SSSR count). The van der Waals surface area contributed by atoms with E-state index in [0.29, 0.717) is 0 Å². The van der Waals surface area contributed by atoms with Crippen molar-refractivity contribution in [3.8, 4) is 0 Å². The van der Waals surface area contributed by atoms with Crippen molar-refractivity contribution in [3.63, 3.8) is 0 Å². The normalized spacial score (nSPS) is 17.1. The summed E-state index contributed by atoms with van der Waals surface area (Å²) in [5.74, 6) is -0.0800. The molecule has 1 aromatic rings. The van der Waals surface area contributed by atoms with Crippen molar-refractivity contribution >= 4 is 11.7 Å². The maximum Gasteiger partial charge on any atom is 0.275 e. The van der Waals surface area contributed by atoms with Crippen molar-refractivity contribution in [2.24, 2.45) is 0 Å². The van der Waals surface area contributed by atoms with Gasteiger partial charge in [-0.15, -0.1) is 10.2 Å². The lowest BCUT2D eigenvalue weighted by molar-refractivity contribution is 0.0933. The van der Waals surface area contributed by atoms with Crippen LogP contribution in [0.1, 0.15) is 36.2 Å². The van der Waals surface area contributed by atoms with Gasteiger partial charge in [0.15, 0.2) is 11.5 Å². The van der Waals surface area contributed by atoms with Crippen LogP contribution in [0.3, 0.4) is 0 Å². The molecular formula is C8H13N5O. The van der Waals surface area contributed by atoms with Gasteiger partial charge in [0, 0.05) is 6.04 Å². The summed E-state index contributed by atoms with van der Waals surface area (Å²) in [7, 11) is 0. The number of rotatable bonds is 2. The van der Waals surface area contributed by atoms with Gasteiger partial charge < -0.3 is 11.1 Å². The van der Waals surface area contributed by atoms with Gasteiger partial charge in [-0.2, -0.15) is 5.21 Å². The third kappa shape index (κ3) is 1.68. The number of nitrogens with zero attached hydrogens (tertiary/aromatic N) is 2. The van der Waals surface area contributed by atoms with E-state index in [9.17, 15) is 4.79 Å². The summed E-state index contributed by atoms with van der Waals surface area (Å²) in [5.41, 5.74) is 5.64. The highest BCUT2D eigenvalue weighted by Gasteiger charge is 2.20. The smallest absolute Gasteiger partial charge is 0.275 e. The molecule has 0 aromatic carbocycles. The monoisotopic (exact) mass is 195 g/mol. The number of carbonyl (C=O) groups is 1. The molecule has 1 aliphatic carbocycles. The molecule has 0 atom stereocenters. The van der Waals surface area contributed by atoms with Crippen LogP contribution in [-0.4, -0.2) is 27.4 Å². The topological polar surface area (TPSA) is 96.7 Å². The van der Waals surface area contributed by atoms with Crippen LogP contribution in [0, 0.1) is 0 Å². The van der Waals surface area contributed by atoms with Gasteiger partial charge in [0.2, 0.25) is 0 Å². The summed E-state index contributed by atoms with van der Waals surface area (Å²) in [6.07, 6.45) is 4.45. The first-order chi connectivity index (χ1) is 6.77. The van der Waals surface area contributed by atoms with Gasteiger partial charge in [-0.05, 0) is 12.8 Å². The van der Waals surface area contributed by atoms with Crippen LogP contribution in [0.4, 0.5) is 5.82 Å². The number of hydrogen-bond donors (Lipinski definition) is 3. The second kappa shape index (κ2) is 3.65. The molecule has 1 saturated carbocycles. The first-order valence-corrected chi connectivity index (χ1v) is 4.74. The standard InChI is InChI=1S/C8H13N5O/c9-7-6(11-13-12-7)8(14)10-5-3-1-2-4-5/h5H,1-4H2,(H,10,14)(H3,9,11,12,13). The number of amides is 1. The summed E-state index contributed by atoms with van der Waals surface area (Å²) in [6.45, 7) is 0. The Hall–Kier alpha value is -1.59. The molecule has 0 radical (unpaired) electrons. The molecule has 1 fully saturated rings. The third-order valence-corrected chi connectivity index (χ3v) is 2.48. The van der Waals surface area contributed by atoms with E-state index in [1.165, 1.54) is 12.8 Å². The number of hydrogen-bond acceptors (Lipinski definition) is 4. The summed E-state index contributed by atoms with van der Waals surface area (Å²) >= 11 is 0. The lowest BCUT2D eigenvalue weighted by Crippen LogP contribution is -2.33. The molecule has 14 heavy (non-hydrogen) atoms. The summed E-state index contributed by atoms with van der Waals surface area (Å²) < 4.78 is 0. The van der Waals surface area contributed by atoms with E-state index < -0.39 is 0 Å². The highest BCUT2D eigenvalue weighted by atomic mass is 16.2. The molecule has 0 unspecified atom stereocenters. The van der Waals surface area contributed by atoms with Crippen LogP contribution in [0.2, 0.25) is 0 Å². The van der Waals surface area contributed by atoms with Crippen LogP contribution in [0.15, 0.2) is 0 Å². The number of anilines is 1. The Morgan fingerprint density at radius 3 is 2.71 bits per heavy atom. The van der Waals surface area contributed by atoms with E-state index in [4.69, 9.17) is 5.73 Å². The minimum absolute atomic E-state index is 0.153. The van der Waals surface area contributed by atoms with Crippen LogP contribution >= 0.6 is 0 Å². The maximum atomic E-state index is 11.6. The molecule has 1 aliphatic rings. The van der Waals surface area contributed by atoms with Gasteiger partial charge in [0.05, 0.1) is 0 Å². The van der Waals surface area contributed by atoms with Crippen molar-refractivity contribution < 1.29 is 4.79 Å². The van der Waals surface area contributed by atoms with Crippen molar-refractivity contribution in [2.45, 2.75) is 31.7 Å². The summed E-state index contributed by atoms with van der Waals surface area (Å²) in [5, 5.41) is 12.5. The van der Waals surface area contributed by atoms with E-state index in [-0.39, 0.29) is 23.5 Å². The molecule has 1 heterocycles. The minimum Gasteiger partial charge on any atom is -0.380 e. The quantitative estimate of drug-likeness (QED) is 0.621. The van der Waals surface area contributed by atoms with Crippen LogP contribution < -0.4 is 11.1 Å². The Labute approximate surface area is 81.3 Å². The highest BCUT2D eigenvalue weighted by molar-refractivity contribution is 5.96. The van der Waals surface area contributed by atoms with Gasteiger partial charge in [-0.1, -0.05) is 12.8 Å². The predicted octanol–water partition coefficient (Wildman–Crippen LogP) is 0.0593. The Balaban J connectivity index is 1.98. The molecule has 76 valence electrons. The minimum atomic E-state index is -0.233. The molecule has 6 heteroatoms. The molecule has 1 amide bonds. The lowest BCUT2D eigenvalue weighted by Gasteiger charge is -2.09. The SMILES string of the molecule is Nc1n[nH]nc1C(=O)NC1CCCC1. The molecule has 4 N–H and O–H groups in total. The molecule has 0 aliphatic heterocycles. The van der Waals surface area contributed by atoms with Gasteiger partial charge in [-0.25, -0.2) is 0 Å². The van der Waals surface area contributed by atoms with Crippen molar-refractivity contribution in [3.05, 3.63) is 5.69 Å². The fourth-order valence-electron chi connectivity index (χ4n) is 1.73. The number of aromatic nitrogens is 3. The fourth-order valence-corrected chi connectivity index (χ4v) is 1.73. The first-order valence-electron chi connectivity index (χ1n) is 4.74. The van der Waals surface area contributed by atoms with Gasteiger partial charge >= 0.3 is 0 Å². The predicted molar refractivity (Wildman–Crippen MR) is 50.5 cm³/mol. The number of aromatic amines is 1. The Kier molecular flexibility index (Phi) is 2.34. The van der Waals surface area contributed by atoms with Gasteiger partial charge in [0.25, 0.3) is 5.91 Å². The van der Waals surface area contributed by atoms with Crippen molar-refractivity contribution in [1.29, 1.82) is 0 Å². The Morgan fingerprint density at radius 1 is 1.43 bits per heavy atom. The molecule has 6 nitrogen and oxygen atoms in total.